The molecule has 0 aliphatic rings. The first-order valence-electron chi connectivity index (χ1n) is 11.5. The number of hydrogen-bond acceptors (Lipinski definition) is 6. The third-order valence-electron chi connectivity index (χ3n) is 5.44. The van der Waals surface area contributed by atoms with Gasteiger partial charge in [-0.2, -0.15) is 0 Å². The topological polar surface area (TPSA) is 111 Å². The fraction of sp³-hybridized carbons (Fsp3) is 0.259. The number of hydrogen-bond donors (Lipinski definition) is 2. The van der Waals surface area contributed by atoms with E-state index in [0.717, 1.165) is 24.0 Å². The highest BCUT2D eigenvalue weighted by molar-refractivity contribution is 7.92. The number of carbonyl (C=O) groups is 2. The molecule has 9 heteroatoms. The average Bonchev–Trinajstić information content (AvgIpc) is 2.88. The predicted molar refractivity (Wildman–Crippen MR) is 137 cm³/mol. The number of amides is 1. The van der Waals surface area contributed by atoms with E-state index in [1.54, 1.807) is 24.3 Å². The molecule has 36 heavy (non-hydrogen) atoms. The minimum atomic E-state index is -4.07. The van der Waals surface area contributed by atoms with Crippen LogP contribution in [0.5, 0.6) is 5.75 Å². The zero-order valence-electron chi connectivity index (χ0n) is 20.5. The highest BCUT2D eigenvalue weighted by atomic mass is 32.2. The van der Waals surface area contributed by atoms with Crippen LogP contribution in [0.4, 0.5) is 5.69 Å². The Hall–Kier alpha value is -3.85. The van der Waals surface area contributed by atoms with Crippen LogP contribution in [0, 0.1) is 6.92 Å². The van der Waals surface area contributed by atoms with E-state index in [4.69, 9.17) is 9.47 Å². The second-order valence-electron chi connectivity index (χ2n) is 8.23. The van der Waals surface area contributed by atoms with Crippen LogP contribution in [-0.2, 0) is 19.6 Å². The van der Waals surface area contributed by atoms with Gasteiger partial charge in [-0.25, -0.2) is 13.2 Å². The molecule has 8 nitrogen and oxygen atoms in total. The van der Waals surface area contributed by atoms with E-state index in [1.165, 1.54) is 25.3 Å². The molecule has 3 aromatic carbocycles. The molecule has 0 bridgehead atoms. The standard InChI is InChI=1S/C27H30N2O6S/c1-4-8-23(20-9-6-5-7-10-20)28-26(30)18-35-27(31)21-13-16-24(34-3)25(17-21)36(32,33)29-22-14-11-19(2)12-15-22/h5-7,9-17,23,29H,4,8,18H2,1-3H3,(H,28,30). The van der Waals surface area contributed by atoms with E-state index in [9.17, 15) is 18.0 Å². The number of methoxy groups -OCH3 is 1. The maximum Gasteiger partial charge on any atom is 0.338 e. The number of aryl methyl sites for hydroxylation is 1. The summed E-state index contributed by atoms with van der Waals surface area (Å²) in [5.74, 6) is -1.21. The van der Waals surface area contributed by atoms with E-state index < -0.39 is 28.5 Å². The molecule has 0 heterocycles. The van der Waals surface area contributed by atoms with Gasteiger partial charge in [0.05, 0.1) is 18.7 Å². The molecular formula is C27H30N2O6S. The Labute approximate surface area is 211 Å². The normalized spacial score (nSPS) is 11.9. The summed E-state index contributed by atoms with van der Waals surface area (Å²) in [6.45, 7) is 3.41. The van der Waals surface area contributed by atoms with E-state index in [1.807, 2.05) is 44.2 Å². The van der Waals surface area contributed by atoms with Gasteiger partial charge in [0.1, 0.15) is 10.6 Å². The van der Waals surface area contributed by atoms with Gasteiger partial charge in [-0.05, 0) is 49.2 Å². The van der Waals surface area contributed by atoms with Gasteiger partial charge in [0.15, 0.2) is 6.61 Å². The molecule has 2 N–H and O–H groups in total. The van der Waals surface area contributed by atoms with Crippen LogP contribution >= 0.6 is 0 Å². The molecule has 3 rings (SSSR count). The molecule has 1 unspecified atom stereocenters. The predicted octanol–water partition coefficient (Wildman–Crippen LogP) is 4.62. The van der Waals surface area contributed by atoms with Crippen molar-refractivity contribution in [1.29, 1.82) is 0 Å². The van der Waals surface area contributed by atoms with Gasteiger partial charge >= 0.3 is 5.97 Å². The lowest BCUT2D eigenvalue weighted by Gasteiger charge is -2.18. The third-order valence-corrected chi connectivity index (χ3v) is 6.84. The SMILES string of the molecule is CCCC(NC(=O)COC(=O)c1ccc(OC)c(S(=O)(=O)Nc2ccc(C)cc2)c1)c1ccccc1. The Bertz CT molecular complexity index is 1290. The lowest BCUT2D eigenvalue weighted by molar-refractivity contribution is -0.125. The molecule has 0 saturated heterocycles. The van der Waals surface area contributed by atoms with Gasteiger partial charge in [-0.3, -0.25) is 9.52 Å². The van der Waals surface area contributed by atoms with Crippen molar-refractivity contribution in [1.82, 2.24) is 5.32 Å². The molecule has 190 valence electrons. The fourth-order valence-corrected chi connectivity index (χ4v) is 4.85. The highest BCUT2D eigenvalue weighted by Gasteiger charge is 2.23. The number of esters is 1. The van der Waals surface area contributed by atoms with Gasteiger partial charge in [0, 0.05) is 5.69 Å². The van der Waals surface area contributed by atoms with Crippen LogP contribution < -0.4 is 14.8 Å². The molecule has 0 aliphatic carbocycles. The minimum Gasteiger partial charge on any atom is -0.495 e. The number of sulfonamides is 1. The maximum absolute atomic E-state index is 13.0. The Morgan fingerprint density at radius 3 is 2.31 bits per heavy atom. The molecule has 0 spiro atoms. The van der Waals surface area contributed by atoms with Crippen LogP contribution in [0.2, 0.25) is 0 Å². The Morgan fingerprint density at radius 1 is 0.972 bits per heavy atom. The van der Waals surface area contributed by atoms with Gasteiger partial charge in [0.2, 0.25) is 0 Å². The van der Waals surface area contributed by atoms with Crippen LogP contribution in [0.15, 0.2) is 77.7 Å². The first-order valence-corrected chi connectivity index (χ1v) is 13.0. The first kappa shape index (κ1) is 26.7. The van der Waals surface area contributed by atoms with Crippen LogP contribution in [0.1, 0.15) is 47.3 Å². The summed E-state index contributed by atoms with van der Waals surface area (Å²) >= 11 is 0. The van der Waals surface area contributed by atoms with Crippen molar-refractivity contribution in [3.05, 3.63) is 89.5 Å². The Morgan fingerprint density at radius 2 is 1.67 bits per heavy atom. The number of carbonyl (C=O) groups excluding carboxylic acids is 2. The zero-order valence-corrected chi connectivity index (χ0v) is 21.3. The number of nitrogens with one attached hydrogen (secondary N) is 2. The lowest BCUT2D eigenvalue weighted by atomic mass is 10.0. The number of rotatable bonds is 11. The summed E-state index contributed by atoms with van der Waals surface area (Å²) in [6, 6.07) is 20.1. The Kier molecular flexibility index (Phi) is 9.08. The molecule has 0 radical (unpaired) electrons. The molecule has 0 fully saturated rings. The third kappa shape index (κ3) is 7.08. The molecule has 0 aromatic heterocycles. The van der Waals surface area contributed by atoms with E-state index >= 15 is 0 Å². The van der Waals surface area contributed by atoms with Crippen LogP contribution in [0.3, 0.4) is 0 Å². The molecular weight excluding hydrogens is 480 g/mol. The largest absolute Gasteiger partial charge is 0.495 e. The summed E-state index contributed by atoms with van der Waals surface area (Å²) < 4.78 is 38.9. The van der Waals surface area contributed by atoms with E-state index in [-0.39, 0.29) is 22.3 Å². The number of ether oxygens (including phenoxy) is 2. The van der Waals surface area contributed by atoms with Crippen molar-refractivity contribution >= 4 is 27.6 Å². The van der Waals surface area contributed by atoms with E-state index in [2.05, 4.69) is 10.0 Å². The van der Waals surface area contributed by atoms with Crippen molar-refractivity contribution < 1.29 is 27.5 Å². The van der Waals surface area contributed by atoms with Gasteiger partial charge in [0.25, 0.3) is 15.9 Å². The van der Waals surface area contributed by atoms with Gasteiger partial charge in [-0.1, -0.05) is 61.4 Å². The number of benzene rings is 3. The summed E-state index contributed by atoms with van der Waals surface area (Å²) in [7, 11) is -2.74. The molecule has 0 saturated carbocycles. The molecule has 0 aliphatic heterocycles. The van der Waals surface area contributed by atoms with Gasteiger partial charge in [-0.15, -0.1) is 0 Å². The average molecular weight is 511 g/mol. The lowest BCUT2D eigenvalue weighted by Crippen LogP contribution is -2.32. The summed E-state index contributed by atoms with van der Waals surface area (Å²) in [5, 5.41) is 2.88. The molecule has 1 atom stereocenters. The van der Waals surface area contributed by atoms with Crippen LogP contribution in [0.25, 0.3) is 0 Å². The van der Waals surface area contributed by atoms with Crippen molar-refractivity contribution in [2.45, 2.75) is 37.6 Å². The van der Waals surface area contributed by atoms with Crippen molar-refractivity contribution in [2.24, 2.45) is 0 Å². The number of anilines is 1. The summed E-state index contributed by atoms with van der Waals surface area (Å²) in [6.07, 6.45) is 1.59. The first-order chi connectivity index (χ1) is 17.2. The van der Waals surface area contributed by atoms with Crippen molar-refractivity contribution in [3.8, 4) is 5.75 Å². The van der Waals surface area contributed by atoms with Crippen molar-refractivity contribution in [2.75, 3.05) is 18.4 Å². The highest BCUT2D eigenvalue weighted by Crippen LogP contribution is 2.27. The fourth-order valence-electron chi connectivity index (χ4n) is 3.59. The van der Waals surface area contributed by atoms with Crippen LogP contribution in [-0.4, -0.2) is 34.0 Å². The summed E-state index contributed by atoms with van der Waals surface area (Å²) in [4.78, 5) is 24.9. The monoisotopic (exact) mass is 510 g/mol. The van der Waals surface area contributed by atoms with E-state index in [0.29, 0.717) is 5.69 Å². The zero-order chi connectivity index (χ0) is 26.1. The smallest absolute Gasteiger partial charge is 0.338 e. The quantitative estimate of drug-likeness (QED) is 0.364. The second kappa shape index (κ2) is 12.2. The Balaban J connectivity index is 1.70. The molecule has 1 amide bonds. The molecule has 3 aromatic rings. The second-order valence-corrected chi connectivity index (χ2v) is 9.88. The van der Waals surface area contributed by atoms with Gasteiger partial charge < -0.3 is 14.8 Å². The summed E-state index contributed by atoms with van der Waals surface area (Å²) in [5.41, 5.74) is 2.28. The van der Waals surface area contributed by atoms with Crippen molar-refractivity contribution in [3.63, 3.8) is 0 Å². The maximum atomic E-state index is 13.0. The minimum absolute atomic E-state index is 0.0268.